The maximum Gasteiger partial charge on any atom is 0.0713 e. The molecular formula is C11H21NO. The molecule has 0 unspecified atom stereocenters. The van der Waals surface area contributed by atoms with Crippen LogP contribution in [0.25, 0.3) is 0 Å². The van der Waals surface area contributed by atoms with E-state index >= 15 is 0 Å². The van der Waals surface area contributed by atoms with Crippen LogP contribution in [0, 0.1) is 5.41 Å². The first-order valence-electron chi connectivity index (χ1n) is 5.34. The molecule has 2 aliphatic heterocycles. The zero-order valence-corrected chi connectivity index (χ0v) is 9.10. The predicted octanol–water partition coefficient (Wildman–Crippen LogP) is 1.90. The Hall–Kier alpha value is -0.0800. The molecule has 2 fully saturated rings. The van der Waals surface area contributed by atoms with Crippen LogP contribution in [0.2, 0.25) is 0 Å². The van der Waals surface area contributed by atoms with E-state index in [9.17, 15) is 0 Å². The Balaban J connectivity index is 2.00. The van der Waals surface area contributed by atoms with Crippen molar-refractivity contribution in [2.45, 2.75) is 38.7 Å². The Bertz CT molecular complexity index is 192. The Kier molecular flexibility index (Phi) is 2.16. The summed E-state index contributed by atoms with van der Waals surface area (Å²) >= 11 is 0. The number of hydrogen-bond acceptors (Lipinski definition) is 2. The second kappa shape index (κ2) is 2.96. The minimum Gasteiger partial charge on any atom is -0.374 e. The zero-order valence-electron chi connectivity index (χ0n) is 9.10. The van der Waals surface area contributed by atoms with Crippen LogP contribution < -0.4 is 0 Å². The minimum atomic E-state index is 0.246. The van der Waals surface area contributed by atoms with E-state index in [1.807, 2.05) is 0 Å². The van der Waals surface area contributed by atoms with Crippen LogP contribution in [-0.2, 0) is 4.74 Å². The van der Waals surface area contributed by atoms with Crippen molar-refractivity contribution in [3.8, 4) is 0 Å². The predicted molar refractivity (Wildman–Crippen MR) is 53.8 cm³/mol. The van der Waals surface area contributed by atoms with Gasteiger partial charge in [0.15, 0.2) is 0 Å². The first kappa shape index (κ1) is 9.47. The Morgan fingerprint density at radius 1 is 1.15 bits per heavy atom. The van der Waals surface area contributed by atoms with Gasteiger partial charge in [0.25, 0.3) is 0 Å². The molecule has 0 bridgehead atoms. The van der Waals surface area contributed by atoms with Gasteiger partial charge in [0.2, 0.25) is 0 Å². The summed E-state index contributed by atoms with van der Waals surface area (Å²) in [7, 11) is 2.20. The summed E-state index contributed by atoms with van der Waals surface area (Å²) in [5.74, 6) is 0. The molecule has 2 nitrogen and oxygen atoms in total. The van der Waals surface area contributed by atoms with Gasteiger partial charge in [-0.15, -0.1) is 0 Å². The van der Waals surface area contributed by atoms with E-state index in [2.05, 4.69) is 25.8 Å². The third-order valence-electron chi connectivity index (χ3n) is 3.47. The fourth-order valence-electron chi connectivity index (χ4n) is 2.67. The number of nitrogens with zero attached hydrogens (tertiary/aromatic N) is 1. The molecule has 2 heterocycles. The fraction of sp³-hybridized carbons (Fsp3) is 1.00. The maximum atomic E-state index is 6.02. The van der Waals surface area contributed by atoms with Gasteiger partial charge in [0, 0.05) is 13.1 Å². The van der Waals surface area contributed by atoms with Crippen LogP contribution in [0.3, 0.4) is 0 Å². The van der Waals surface area contributed by atoms with Crippen LogP contribution in [0.1, 0.15) is 33.1 Å². The average molecular weight is 183 g/mol. The van der Waals surface area contributed by atoms with Gasteiger partial charge in [0.05, 0.1) is 12.2 Å². The summed E-state index contributed by atoms with van der Waals surface area (Å²) in [6, 6.07) is 0. The molecule has 0 aromatic carbocycles. The summed E-state index contributed by atoms with van der Waals surface area (Å²) < 4.78 is 6.02. The van der Waals surface area contributed by atoms with Crippen molar-refractivity contribution in [2.75, 3.05) is 26.7 Å². The van der Waals surface area contributed by atoms with Gasteiger partial charge in [0.1, 0.15) is 0 Å². The van der Waals surface area contributed by atoms with Gasteiger partial charge >= 0.3 is 0 Å². The number of piperidine rings is 1. The Labute approximate surface area is 81.3 Å². The molecule has 13 heavy (non-hydrogen) atoms. The lowest BCUT2D eigenvalue weighted by Crippen LogP contribution is -2.42. The molecule has 0 amide bonds. The van der Waals surface area contributed by atoms with Gasteiger partial charge < -0.3 is 9.64 Å². The monoisotopic (exact) mass is 183 g/mol. The molecule has 0 N–H and O–H groups in total. The van der Waals surface area contributed by atoms with Crippen molar-refractivity contribution in [1.82, 2.24) is 4.90 Å². The first-order chi connectivity index (χ1) is 6.02. The number of hydrogen-bond donors (Lipinski definition) is 0. The van der Waals surface area contributed by atoms with Crippen LogP contribution >= 0.6 is 0 Å². The topological polar surface area (TPSA) is 12.5 Å². The van der Waals surface area contributed by atoms with E-state index in [1.165, 1.54) is 32.4 Å². The van der Waals surface area contributed by atoms with Crippen LogP contribution in [0.15, 0.2) is 0 Å². The van der Waals surface area contributed by atoms with Crippen molar-refractivity contribution in [3.05, 3.63) is 0 Å². The molecule has 0 aromatic heterocycles. The van der Waals surface area contributed by atoms with Gasteiger partial charge in [-0.2, -0.15) is 0 Å². The van der Waals surface area contributed by atoms with Crippen molar-refractivity contribution in [1.29, 1.82) is 0 Å². The largest absolute Gasteiger partial charge is 0.374 e. The quantitative estimate of drug-likeness (QED) is 0.568. The van der Waals surface area contributed by atoms with Crippen LogP contribution in [0.4, 0.5) is 0 Å². The summed E-state index contributed by atoms with van der Waals surface area (Å²) in [5, 5.41) is 0. The van der Waals surface area contributed by atoms with Gasteiger partial charge in [-0.05, 0) is 31.7 Å². The molecule has 2 rings (SSSR count). The lowest BCUT2D eigenvalue weighted by molar-refractivity contribution is -0.0399. The molecule has 0 radical (unpaired) electrons. The highest BCUT2D eigenvalue weighted by Gasteiger charge is 2.45. The van der Waals surface area contributed by atoms with E-state index in [4.69, 9.17) is 4.74 Å². The third kappa shape index (κ3) is 1.89. The van der Waals surface area contributed by atoms with Crippen LogP contribution in [-0.4, -0.2) is 37.2 Å². The number of likely N-dealkylation sites (tertiary alicyclic amines) is 1. The minimum absolute atomic E-state index is 0.246. The molecule has 0 aromatic rings. The lowest BCUT2D eigenvalue weighted by Gasteiger charge is -2.37. The van der Waals surface area contributed by atoms with Crippen molar-refractivity contribution >= 4 is 0 Å². The molecule has 0 saturated carbocycles. The van der Waals surface area contributed by atoms with Gasteiger partial charge in [-0.25, -0.2) is 0 Å². The third-order valence-corrected chi connectivity index (χ3v) is 3.47. The van der Waals surface area contributed by atoms with E-state index in [0.29, 0.717) is 5.41 Å². The van der Waals surface area contributed by atoms with Crippen LogP contribution in [0.5, 0.6) is 0 Å². The zero-order chi connectivity index (χ0) is 9.53. The smallest absolute Gasteiger partial charge is 0.0713 e. The van der Waals surface area contributed by atoms with Crippen molar-refractivity contribution < 1.29 is 4.74 Å². The Morgan fingerprint density at radius 2 is 1.77 bits per heavy atom. The molecule has 2 saturated heterocycles. The number of rotatable bonds is 0. The summed E-state index contributed by atoms with van der Waals surface area (Å²) in [6.07, 6.45) is 3.72. The SMILES string of the molecule is CN1CCC2(CC1)CC(C)(C)CO2. The highest BCUT2D eigenvalue weighted by molar-refractivity contribution is 4.96. The molecule has 2 aliphatic rings. The number of ether oxygens (including phenoxy) is 1. The second-order valence-electron chi connectivity index (χ2n) is 5.62. The van der Waals surface area contributed by atoms with E-state index in [1.54, 1.807) is 0 Å². The molecular weight excluding hydrogens is 162 g/mol. The van der Waals surface area contributed by atoms with Gasteiger partial charge in [-0.3, -0.25) is 0 Å². The highest BCUT2D eigenvalue weighted by Crippen LogP contribution is 2.44. The molecule has 1 spiro atoms. The van der Waals surface area contributed by atoms with Gasteiger partial charge in [-0.1, -0.05) is 13.8 Å². The summed E-state index contributed by atoms with van der Waals surface area (Å²) in [5.41, 5.74) is 0.659. The van der Waals surface area contributed by atoms with Crippen molar-refractivity contribution in [2.24, 2.45) is 5.41 Å². The van der Waals surface area contributed by atoms with E-state index < -0.39 is 0 Å². The normalized spacial score (nSPS) is 32.5. The van der Waals surface area contributed by atoms with E-state index in [0.717, 1.165) is 6.61 Å². The molecule has 76 valence electrons. The Morgan fingerprint density at radius 3 is 2.23 bits per heavy atom. The van der Waals surface area contributed by atoms with Crippen molar-refractivity contribution in [3.63, 3.8) is 0 Å². The summed E-state index contributed by atoms with van der Waals surface area (Å²) in [4.78, 5) is 2.40. The fourth-order valence-corrected chi connectivity index (χ4v) is 2.67. The second-order valence-corrected chi connectivity index (χ2v) is 5.62. The standard InChI is InChI=1S/C11H21NO/c1-10(2)8-11(13-9-10)4-6-12(3)7-5-11/h4-9H2,1-3H3. The molecule has 0 aliphatic carbocycles. The first-order valence-corrected chi connectivity index (χ1v) is 5.34. The average Bonchev–Trinajstić information content (AvgIpc) is 2.35. The molecule has 2 heteroatoms. The maximum absolute atomic E-state index is 6.02. The summed E-state index contributed by atoms with van der Waals surface area (Å²) in [6.45, 7) is 8.00. The molecule has 0 atom stereocenters. The lowest BCUT2D eigenvalue weighted by atomic mass is 9.79. The highest BCUT2D eigenvalue weighted by atomic mass is 16.5. The van der Waals surface area contributed by atoms with E-state index in [-0.39, 0.29) is 5.60 Å².